The maximum Gasteiger partial charge on any atom is 0.586 e. The highest BCUT2D eigenvalue weighted by molar-refractivity contribution is 6.02. The van der Waals surface area contributed by atoms with Crippen LogP contribution in [-0.2, 0) is 22.2 Å². The number of hydrogen-bond acceptors (Lipinski definition) is 5. The van der Waals surface area contributed by atoms with Crippen molar-refractivity contribution in [1.82, 2.24) is 4.57 Å². The van der Waals surface area contributed by atoms with Crippen LogP contribution in [0.1, 0.15) is 49.2 Å². The lowest BCUT2D eigenvalue weighted by Gasteiger charge is -2.23. The highest BCUT2D eigenvalue weighted by Crippen LogP contribution is 2.52. The number of alkyl halides is 2. The van der Waals surface area contributed by atoms with Crippen molar-refractivity contribution in [2.24, 2.45) is 0 Å². The second-order valence-electron chi connectivity index (χ2n) is 10.4. The Bertz CT molecular complexity index is 1320. The molecule has 0 saturated heterocycles. The number of nitrogens with one attached hydrogen (secondary N) is 1. The number of rotatable bonds is 6. The maximum atomic E-state index is 13.4. The Hall–Kier alpha value is -3.17. The molecule has 1 aromatic heterocycles. The van der Waals surface area contributed by atoms with Crippen molar-refractivity contribution in [3.05, 3.63) is 53.7 Å². The summed E-state index contributed by atoms with van der Waals surface area (Å²) in [5.41, 5.74) is 2.10. The first-order valence-electron chi connectivity index (χ1n) is 11.6. The number of aromatic nitrogens is 1. The lowest BCUT2D eigenvalue weighted by molar-refractivity contribution is -0.286. The normalized spacial score (nSPS) is 18.5. The summed E-state index contributed by atoms with van der Waals surface area (Å²) < 4.78 is 37.8. The average Bonchev–Trinajstić information content (AvgIpc) is 3.42. The van der Waals surface area contributed by atoms with Gasteiger partial charge >= 0.3 is 6.29 Å². The van der Waals surface area contributed by atoms with Crippen LogP contribution in [0.4, 0.5) is 14.5 Å². The smallest absolute Gasteiger partial charge is 0.395 e. The molecule has 5 rings (SSSR count). The monoisotopic (exact) mass is 492 g/mol. The fourth-order valence-electron chi connectivity index (χ4n) is 4.70. The van der Waals surface area contributed by atoms with E-state index in [9.17, 15) is 23.8 Å². The lowest BCUT2D eigenvalue weighted by Crippen LogP contribution is -2.28. The third kappa shape index (κ3) is 4.23. The molecule has 7 nitrogen and oxygen atoms in total. The Morgan fingerprint density at radius 1 is 1.14 bits per heavy atom. The molecule has 1 aliphatic heterocycles. The van der Waals surface area contributed by atoms with E-state index in [2.05, 4.69) is 35.6 Å². The molecule has 2 aromatic carbocycles. The third-order valence-corrected chi connectivity index (χ3v) is 6.67. The van der Waals surface area contributed by atoms with Crippen molar-refractivity contribution in [3.8, 4) is 11.5 Å². The summed E-state index contributed by atoms with van der Waals surface area (Å²) in [5, 5.41) is 23.3. The molecular weight excluding hydrogens is 458 g/mol. The van der Waals surface area contributed by atoms with Gasteiger partial charge in [-0.3, -0.25) is 4.79 Å². The summed E-state index contributed by atoms with van der Waals surface area (Å²) >= 11 is 0. The van der Waals surface area contributed by atoms with Gasteiger partial charge in [0.15, 0.2) is 11.5 Å². The topological polar surface area (TPSA) is 93.0 Å². The van der Waals surface area contributed by atoms with Crippen LogP contribution in [0.5, 0.6) is 11.5 Å². The number of fused-ring (bicyclic) bond motifs is 2. The fourth-order valence-corrected chi connectivity index (χ4v) is 4.70. The largest absolute Gasteiger partial charge is 0.586 e. The highest BCUT2D eigenvalue weighted by Gasteiger charge is 2.52. The van der Waals surface area contributed by atoms with E-state index in [4.69, 9.17) is 0 Å². The standard InChI is InChI=1S/C26H28F2N2O5.3H2/c1-24(2,3)22-11-15-10-17(5-6-19(15)30(22)13-18(32)14-31)29-23(33)25(8-9-25)16-4-7-20-21(12-16)35-26(27,28)34-20;;;/h4-7,10-12,18,31-32H,8-9,13-14H2,1-3H3,(H,29,33);3*1H/t18-;;;/m1.../s1. The number of nitrogens with zero attached hydrogens (tertiary/aromatic N) is 1. The molecule has 1 aliphatic carbocycles. The van der Waals surface area contributed by atoms with Gasteiger partial charge in [-0.15, -0.1) is 8.78 Å². The van der Waals surface area contributed by atoms with E-state index in [0.717, 1.165) is 16.6 Å². The number of carbonyl (C=O) groups excluding carboxylic acids is 1. The number of aliphatic hydroxyl groups is 2. The molecule has 9 heteroatoms. The van der Waals surface area contributed by atoms with Gasteiger partial charge < -0.3 is 29.6 Å². The summed E-state index contributed by atoms with van der Waals surface area (Å²) in [7, 11) is 0. The van der Waals surface area contributed by atoms with Crippen molar-refractivity contribution < 1.29 is 37.5 Å². The number of aliphatic hydroxyl groups excluding tert-OH is 2. The second kappa shape index (κ2) is 7.93. The molecule has 0 spiro atoms. The van der Waals surface area contributed by atoms with Crippen molar-refractivity contribution in [3.63, 3.8) is 0 Å². The van der Waals surface area contributed by atoms with Gasteiger partial charge in [0.05, 0.1) is 24.7 Å². The molecule has 1 saturated carbocycles. The van der Waals surface area contributed by atoms with Crippen molar-refractivity contribution in [1.29, 1.82) is 0 Å². The molecule has 0 unspecified atom stereocenters. The van der Waals surface area contributed by atoms with E-state index in [-0.39, 0.29) is 40.3 Å². The van der Waals surface area contributed by atoms with Crippen LogP contribution in [0.2, 0.25) is 0 Å². The van der Waals surface area contributed by atoms with Crippen LogP contribution in [0.15, 0.2) is 42.5 Å². The van der Waals surface area contributed by atoms with E-state index >= 15 is 0 Å². The molecule has 35 heavy (non-hydrogen) atoms. The quantitative estimate of drug-likeness (QED) is 0.449. The van der Waals surface area contributed by atoms with Crippen LogP contribution >= 0.6 is 0 Å². The molecule has 0 bridgehead atoms. The second-order valence-corrected chi connectivity index (χ2v) is 10.4. The van der Waals surface area contributed by atoms with Crippen LogP contribution in [-0.4, -0.2) is 39.7 Å². The molecule has 0 radical (unpaired) electrons. The summed E-state index contributed by atoms with van der Waals surface area (Å²) in [5.74, 6) is -0.339. The first-order chi connectivity index (χ1) is 16.4. The van der Waals surface area contributed by atoms with Gasteiger partial charge in [0.1, 0.15) is 0 Å². The number of hydrogen-bond donors (Lipinski definition) is 3. The van der Waals surface area contributed by atoms with Gasteiger partial charge in [-0.2, -0.15) is 0 Å². The predicted octanol–water partition coefficient (Wildman–Crippen LogP) is 5.02. The first-order valence-corrected chi connectivity index (χ1v) is 11.6. The number of anilines is 1. The Balaban J connectivity index is 0.00000169. The summed E-state index contributed by atoms with van der Waals surface area (Å²) in [6.45, 7) is 6.14. The Labute approximate surface area is 205 Å². The highest BCUT2D eigenvalue weighted by atomic mass is 19.3. The minimum atomic E-state index is -3.70. The number of amides is 1. The zero-order chi connectivity index (χ0) is 25.2. The van der Waals surface area contributed by atoms with E-state index in [1.165, 1.54) is 12.1 Å². The number of halogens is 2. The molecule has 192 valence electrons. The number of ether oxygens (including phenoxy) is 2. The van der Waals surface area contributed by atoms with E-state index in [1.54, 1.807) is 12.1 Å². The zero-order valence-electron chi connectivity index (χ0n) is 19.8. The van der Waals surface area contributed by atoms with Gasteiger partial charge in [-0.05, 0) is 54.8 Å². The first kappa shape index (κ1) is 23.6. The minimum Gasteiger partial charge on any atom is -0.395 e. The Kier molecular flexibility index (Phi) is 5.34. The molecule has 3 N–H and O–H groups in total. The van der Waals surface area contributed by atoms with Crippen LogP contribution in [0, 0.1) is 0 Å². The number of carbonyl (C=O) groups is 1. The van der Waals surface area contributed by atoms with Crippen LogP contribution < -0.4 is 14.8 Å². The molecular formula is C26H34F2N2O5. The summed E-state index contributed by atoms with van der Waals surface area (Å²) in [6.07, 6.45) is -3.39. The predicted molar refractivity (Wildman–Crippen MR) is 132 cm³/mol. The van der Waals surface area contributed by atoms with E-state index in [1.807, 2.05) is 22.8 Å². The number of benzene rings is 2. The molecule has 3 aromatic rings. The Morgan fingerprint density at radius 3 is 2.51 bits per heavy atom. The van der Waals surface area contributed by atoms with Crippen LogP contribution in [0.25, 0.3) is 10.9 Å². The zero-order valence-corrected chi connectivity index (χ0v) is 19.8. The van der Waals surface area contributed by atoms with E-state index < -0.39 is 17.8 Å². The summed E-state index contributed by atoms with van der Waals surface area (Å²) in [4.78, 5) is 13.3. The van der Waals surface area contributed by atoms with Crippen molar-refractivity contribution >= 4 is 22.5 Å². The van der Waals surface area contributed by atoms with Crippen LogP contribution in [0.3, 0.4) is 0 Å². The average molecular weight is 493 g/mol. The molecule has 1 atom stereocenters. The molecule has 1 fully saturated rings. The van der Waals surface area contributed by atoms with Gasteiger partial charge in [-0.1, -0.05) is 26.8 Å². The third-order valence-electron chi connectivity index (χ3n) is 6.67. The van der Waals surface area contributed by atoms with Gasteiger partial charge in [0.25, 0.3) is 0 Å². The minimum absolute atomic E-state index is 0. The fraction of sp³-hybridized carbons (Fsp3) is 0.423. The lowest BCUT2D eigenvalue weighted by atomic mass is 9.92. The van der Waals surface area contributed by atoms with Gasteiger partial charge in [0, 0.05) is 32.0 Å². The van der Waals surface area contributed by atoms with Gasteiger partial charge in [-0.25, -0.2) is 0 Å². The maximum absolute atomic E-state index is 13.4. The van der Waals surface area contributed by atoms with Crippen molar-refractivity contribution in [2.45, 2.75) is 63.4 Å². The molecule has 2 aliphatic rings. The van der Waals surface area contributed by atoms with Crippen molar-refractivity contribution in [2.75, 3.05) is 11.9 Å². The summed E-state index contributed by atoms with van der Waals surface area (Å²) in [6, 6.07) is 12.1. The Morgan fingerprint density at radius 2 is 1.86 bits per heavy atom. The van der Waals surface area contributed by atoms with Gasteiger partial charge in [0.2, 0.25) is 5.91 Å². The molecule has 2 heterocycles. The SMILES string of the molecule is CC(C)(C)c1cc2cc(NC(=O)C3(c4ccc5c(c4)OC(F)(F)O5)CC3)ccc2n1C[C@@H](O)CO.[HH].[HH].[HH]. The molecule has 1 amide bonds. The van der Waals surface area contributed by atoms with E-state index in [0.29, 0.717) is 24.1 Å².